The van der Waals surface area contributed by atoms with Crippen LogP contribution in [0.1, 0.15) is 17.0 Å². The fourth-order valence-corrected chi connectivity index (χ4v) is 1.82. The normalized spacial score (nSPS) is 11.6. The lowest BCUT2D eigenvalue weighted by Gasteiger charge is -2.03. The average Bonchev–Trinajstić information content (AvgIpc) is 1.93. The third kappa shape index (κ3) is 3.12. The van der Waals surface area contributed by atoms with Crippen LogP contribution >= 0.6 is 0 Å². The Hall–Kier alpha value is -0.940. The maximum atomic E-state index is 10.8. The summed E-state index contributed by atoms with van der Waals surface area (Å²) in [5, 5.41) is 4.92. The lowest BCUT2D eigenvalue weighted by molar-refractivity contribution is 0.596. The predicted octanol–water partition coefficient (Wildman–Crippen LogP) is 0.487. The molecule has 0 aliphatic carbocycles. The largest absolute Gasteiger partial charge is 0.258 e. The van der Waals surface area contributed by atoms with Gasteiger partial charge in [-0.2, -0.15) is 0 Å². The van der Waals surface area contributed by atoms with Crippen LogP contribution in [0.15, 0.2) is 12.1 Å². The Morgan fingerprint density at radius 1 is 1.38 bits per heavy atom. The van der Waals surface area contributed by atoms with E-state index in [1.54, 1.807) is 19.1 Å². The molecule has 0 spiro atoms. The summed E-state index contributed by atoms with van der Waals surface area (Å²) in [6.07, 6.45) is 0. The predicted molar refractivity (Wildman–Crippen MR) is 50.5 cm³/mol. The molecular weight excluding hydrogens is 188 g/mol. The van der Waals surface area contributed by atoms with Crippen molar-refractivity contribution in [3.05, 3.63) is 29.1 Å². The summed E-state index contributed by atoms with van der Waals surface area (Å²) in [7, 11) is -3.45. The maximum Gasteiger partial charge on any atom is 0.213 e. The number of rotatable bonds is 2. The van der Waals surface area contributed by atoms with Gasteiger partial charge in [-0.3, -0.25) is 4.98 Å². The first-order valence-electron chi connectivity index (χ1n) is 3.82. The summed E-state index contributed by atoms with van der Waals surface area (Å²) < 4.78 is 21.6. The zero-order valence-electron chi connectivity index (χ0n) is 7.61. The number of sulfonamides is 1. The Morgan fingerprint density at radius 2 is 2.00 bits per heavy atom. The highest BCUT2D eigenvalue weighted by Crippen LogP contribution is 2.08. The first-order chi connectivity index (χ1) is 5.88. The van der Waals surface area contributed by atoms with Crippen LogP contribution in [0, 0.1) is 13.8 Å². The molecule has 5 heteroatoms. The van der Waals surface area contributed by atoms with Gasteiger partial charge in [-0.15, -0.1) is 0 Å². The Labute approximate surface area is 77.8 Å². The SMILES string of the molecule is Cc1ccc(CS(N)(=O)=O)c(C)n1. The first kappa shape index (κ1) is 10.1. The quantitative estimate of drug-likeness (QED) is 0.755. The van der Waals surface area contributed by atoms with Gasteiger partial charge >= 0.3 is 0 Å². The Bertz CT molecular complexity index is 412. The van der Waals surface area contributed by atoms with Crippen molar-refractivity contribution in [2.24, 2.45) is 5.14 Å². The van der Waals surface area contributed by atoms with Gasteiger partial charge in [-0.1, -0.05) is 6.07 Å². The number of aromatic nitrogens is 1. The van der Waals surface area contributed by atoms with Crippen molar-refractivity contribution in [1.82, 2.24) is 4.98 Å². The van der Waals surface area contributed by atoms with Crippen LogP contribution in [0.3, 0.4) is 0 Å². The zero-order valence-corrected chi connectivity index (χ0v) is 8.43. The van der Waals surface area contributed by atoms with E-state index in [2.05, 4.69) is 4.98 Å². The van der Waals surface area contributed by atoms with Crippen molar-refractivity contribution in [1.29, 1.82) is 0 Å². The number of hydrogen-bond acceptors (Lipinski definition) is 3. The van der Waals surface area contributed by atoms with Crippen molar-refractivity contribution in [3.8, 4) is 0 Å². The third-order valence-corrected chi connectivity index (χ3v) is 2.40. The molecule has 0 aromatic carbocycles. The van der Waals surface area contributed by atoms with Crippen LogP contribution in [0.5, 0.6) is 0 Å². The maximum absolute atomic E-state index is 10.8. The van der Waals surface area contributed by atoms with Crippen LogP contribution in [0.25, 0.3) is 0 Å². The number of hydrogen-bond donors (Lipinski definition) is 1. The number of nitrogens with zero attached hydrogens (tertiary/aromatic N) is 1. The van der Waals surface area contributed by atoms with E-state index in [-0.39, 0.29) is 5.75 Å². The smallest absolute Gasteiger partial charge is 0.213 e. The minimum absolute atomic E-state index is 0.147. The minimum Gasteiger partial charge on any atom is -0.258 e. The molecule has 0 saturated heterocycles. The van der Waals surface area contributed by atoms with E-state index in [9.17, 15) is 8.42 Å². The minimum atomic E-state index is -3.45. The molecule has 1 heterocycles. The van der Waals surface area contributed by atoms with Crippen molar-refractivity contribution in [3.63, 3.8) is 0 Å². The molecule has 2 N–H and O–H groups in total. The number of nitrogens with two attached hydrogens (primary N) is 1. The molecule has 0 saturated carbocycles. The van der Waals surface area contributed by atoms with E-state index in [1.165, 1.54) is 0 Å². The van der Waals surface area contributed by atoms with Gasteiger partial charge in [-0.05, 0) is 25.5 Å². The van der Waals surface area contributed by atoms with Crippen LogP contribution in [-0.2, 0) is 15.8 Å². The zero-order chi connectivity index (χ0) is 10.1. The number of primary sulfonamides is 1. The fraction of sp³-hybridized carbons (Fsp3) is 0.375. The van der Waals surface area contributed by atoms with Crippen molar-refractivity contribution >= 4 is 10.0 Å². The van der Waals surface area contributed by atoms with Gasteiger partial charge in [0, 0.05) is 11.4 Å². The lowest BCUT2D eigenvalue weighted by atomic mass is 10.2. The summed E-state index contributed by atoms with van der Waals surface area (Å²) in [5.41, 5.74) is 2.25. The second-order valence-electron chi connectivity index (χ2n) is 3.00. The van der Waals surface area contributed by atoms with Crippen molar-refractivity contribution in [2.45, 2.75) is 19.6 Å². The van der Waals surface area contributed by atoms with E-state index >= 15 is 0 Å². The molecule has 4 nitrogen and oxygen atoms in total. The summed E-state index contributed by atoms with van der Waals surface area (Å²) in [4.78, 5) is 4.14. The fourth-order valence-electron chi connectivity index (χ4n) is 1.08. The van der Waals surface area contributed by atoms with Gasteiger partial charge in [-0.25, -0.2) is 13.6 Å². The summed E-state index contributed by atoms with van der Waals surface area (Å²) in [6, 6.07) is 3.51. The van der Waals surface area contributed by atoms with Gasteiger partial charge in [0.1, 0.15) is 0 Å². The molecule has 1 rings (SSSR count). The van der Waals surface area contributed by atoms with Gasteiger partial charge in [0.2, 0.25) is 10.0 Å². The Kier molecular flexibility index (Phi) is 2.68. The molecule has 0 bridgehead atoms. The molecule has 0 amide bonds. The third-order valence-electron chi connectivity index (χ3n) is 1.69. The molecule has 0 aliphatic rings. The van der Waals surface area contributed by atoms with Gasteiger partial charge < -0.3 is 0 Å². The van der Waals surface area contributed by atoms with E-state index in [0.29, 0.717) is 11.3 Å². The highest BCUT2D eigenvalue weighted by Gasteiger charge is 2.07. The van der Waals surface area contributed by atoms with Crippen molar-refractivity contribution < 1.29 is 8.42 Å². The van der Waals surface area contributed by atoms with E-state index in [1.807, 2.05) is 6.92 Å². The first-order valence-corrected chi connectivity index (χ1v) is 5.53. The van der Waals surface area contributed by atoms with Gasteiger partial charge in [0.15, 0.2) is 0 Å². The van der Waals surface area contributed by atoms with Crippen molar-refractivity contribution in [2.75, 3.05) is 0 Å². The Morgan fingerprint density at radius 3 is 2.46 bits per heavy atom. The van der Waals surface area contributed by atoms with E-state index in [0.717, 1.165) is 5.69 Å². The van der Waals surface area contributed by atoms with Gasteiger partial charge in [0.25, 0.3) is 0 Å². The molecule has 0 fully saturated rings. The van der Waals surface area contributed by atoms with Crippen LogP contribution < -0.4 is 5.14 Å². The highest BCUT2D eigenvalue weighted by molar-refractivity contribution is 7.88. The number of pyridine rings is 1. The molecule has 0 aliphatic heterocycles. The van der Waals surface area contributed by atoms with Gasteiger partial charge in [0.05, 0.1) is 5.75 Å². The molecule has 0 unspecified atom stereocenters. The molecule has 72 valence electrons. The van der Waals surface area contributed by atoms with Crippen LogP contribution in [-0.4, -0.2) is 13.4 Å². The molecule has 1 aromatic heterocycles. The average molecular weight is 200 g/mol. The molecular formula is C8H12N2O2S. The molecule has 0 radical (unpaired) electrons. The second-order valence-corrected chi connectivity index (χ2v) is 4.62. The second kappa shape index (κ2) is 3.43. The van der Waals surface area contributed by atoms with Crippen LogP contribution in [0.4, 0.5) is 0 Å². The standard InChI is InChI=1S/C8H12N2O2S/c1-6-3-4-8(7(2)10-6)5-13(9,11)12/h3-4H,5H2,1-2H3,(H2,9,11,12). The van der Waals surface area contributed by atoms with E-state index in [4.69, 9.17) is 5.14 Å². The molecule has 0 atom stereocenters. The van der Waals surface area contributed by atoms with E-state index < -0.39 is 10.0 Å². The van der Waals surface area contributed by atoms with Crippen LogP contribution in [0.2, 0.25) is 0 Å². The summed E-state index contributed by atoms with van der Waals surface area (Å²) in [5.74, 6) is -0.147. The highest BCUT2D eigenvalue weighted by atomic mass is 32.2. The topological polar surface area (TPSA) is 73.1 Å². The Balaban J connectivity index is 3.04. The monoisotopic (exact) mass is 200 g/mol. The summed E-state index contributed by atoms with van der Waals surface area (Å²) >= 11 is 0. The summed E-state index contributed by atoms with van der Waals surface area (Å²) in [6.45, 7) is 3.63. The molecule has 13 heavy (non-hydrogen) atoms. The number of aryl methyl sites for hydroxylation is 2. The molecule has 1 aromatic rings. The lowest BCUT2D eigenvalue weighted by Crippen LogP contribution is -2.15.